The molecule has 0 bridgehead atoms. The summed E-state index contributed by atoms with van der Waals surface area (Å²) in [6.45, 7) is 4.21. The molecule has 0 unspecified atom stereocenters. The zero-order valence-electron chi connectivity index (χ0n) is 13.7. The van der Waals surface area contributed by atoms with E-state index in [2.05, 4.69) is 16.2 Å². The van der Waals surface area contributed by atoms with E-state index in [1.54, 1.807) is 24.3 Å². The average molecular weight is 355 g/mol. The van der Waals surface area contributed by atoms with Crippen LogP contribution in [0.1, 0.15) is 17.0 Å². The van der Waals surface area contributed by atoms with Gasteiger partial charge in [-0.1, -0.05) is 28.4 Å². The van der Waals surface area contributed by atoms with Crippen LogP contribution < -0.4 is 4.74 Å². The molecule has 2 aromatic carbocycles. The zero-order valence-corrected chi connectivity index (χ0v) is 14.5. The van der Waals surface area contributed by atoms with Crippen LogP contribution in [0.3, 0.4) is 0 Å². The summed E-state index contributed by atoms with van der Waals surface area (Å²) in [5, 5.41) is 5.72. The summed E-state index contributed by atoms with van der Waals surface area (Å²) in [5.41, 5.74) is 2.97. The lowest BCUT2D eigenvalue weighted by Gasteiger charge is -2.02. The lowest BCUT2D eigenvalue weighted by Crippen LogP contribution is -1.95. The number of nitrogens with zero attached hydrogens (tertiary/aromatic N) is 2. The minimum atomic E-state index is 0.174. The third-order valence-electron chi connectivity index (χ3n) is 3.94. The van der Waals surface area contributed by atoms with Gasteiger partial charge in [-0.05, 0) is 50.2 Å². The van der Waals surface area contributed by atoms with Crippen LogP contribution in [0.25, 0.3) is 22.6 Å². The Kier molecular flexibility index (Phi) is 3.93. The summed E-state index contributed by atoms with van der Waals surface area (Å²) in [4.78, 5) is 4.37. The van der Waals surface area contributed by atoms with Crippen LogP contribution in [0.5, 0.6) is 5.75 Å². The predicted molar refractivity (Wildman–Crippen MR) is 94.8 cm³/mol. The van der Waals surface area contributed by atoms with Crippen LogP contribution >= 0.6 is 11.6 Å². The highest BCUT2D eigenvalue weighted by Gasteiger charge is 2.18. The SMILES string of the molecule is Cc1ccc2oc(-c3noc(COc4ccc(Cl)cc4)n3)c(C)c2c1. The largest absolute Gasteiger partial charge is 0.484 e. The number of benzene rings is 2. The second kappa shape index (κ2) is 6.26. The lowest BCUT2D eigenvalue weighted by atomic mass is 10.1. The maximum atomic E-state index is 5.89. The molecule has 25 heavy (non-hydrogen) atoms. The van der Waals surface area contributed by atoms with E-state index in [9.17, 15) is 0 Å². The Morgan fingerprint density at radius 2 is 1.88 bits per heavy atom. The third kappa shape index (κ3) is 3.10. The highest BCUT2D eigenvalue weighted by atomic mass is 35.5. The number of fused-ring (bicyclic) bond motifs is 1. The fourth-order valence-electron chi connectivity index (χ4n) is 2.63. The first kappa shape index (κ1) is 15.7. The van der Waals surface area contributed by atoms with Crippen molar-refractivity contribution >= 4 is 22.6 Å². The van der Waals surface area contributed by atoms with Crippen molar-refractivity contribution in [2.45, 2.75) is 20.5 Å². The molecular weight excluding hydrogens is 340 g/mol. The van der Waals surface area contributed by atoms with Gasteiger partial charge in [0.15, 0.2) is 12.4 Å². The maximum Gasteiger partial charge on any atom is 0.264 e. The van der Waals surface area contributed by atoms with Crippen LogP contribution in [-0.2, 0) is 6.61 Å². The van der Waals surface area contributed by atoms with Crippen molar-refractivity contribution in [3.8, 4) is 17.3 Å². The number of aryl methyl sites for hydroxylation is 2. The van der Waals surface area contributed by atoms with Gasteiger partial charge in [-0.3, -0.25) is 0 Å². The topological polar surface area (TPSA) is 61.3 Å². The average Bonchev–Trinajstić information content (AvgIpc) is 3.20. The van der Waals surface area contributed by atoms with Crippen molar-refractivity contribution in [1.29, 1.82) is 0 Å². The van der Waals surface area contributed by atoms with Crippen LogP contribution in [-0.4, -0.2) is 10.1 Å². The molecule has 0 radical (unpaired) electrons. The van der Waals surface area contributed by atoms with Crippen LogP contribution in [0.2, 0.25) is 5.02 Å². The summed E-state index contributed by atoms with van der Waals surface area (Å²) in [6.07, 6.45) is 0. The molecule has 0 aliphatic carbocycles. The minimum Gasteiger partial charge on any atom is -0.484 e. The van der Waals surface area contributed by atoms with Gasteiger partial charge < -0.3 is 13.7 Å². The van der Waals surface area contributed by atoms with Gasteiger partial charge in [-0.2, -0.15) is 4.98 Å². The Bertz CT molecular complexity index is 1030. The fraction of sp³-hybridized carbons (Fsp3) is 0.158. The maximum absolute atomic E-state index is 5.89. The van der Waals surface area contributed by atoms with Crippen molar-refractivity contribution < 1.29 is 13.7 Å². The Hall–Kier alpha value is -2.79. The lowest BCUT2D eigenvalue weighted by molar-refractivity contribution is 0.243. The molecule has 4 aromatic rings. The second-order valence-electron chi connectivity index (χ2n) is 5.81. The molecule has 0 amide bonds. The van der Waals surface area contributed by atoms with E-state index in [1.807, 2.05) is 26.0 Å². The number of hydrogen-bond acceptors (Lipinski definition) is 5. The van der Waals surface area contributed by atoms with Gasteiger partial charge in [0, 0.05) is 16.0 Å². The molecule has 2 heterocycles. The summed E-state index contributed by atoms with van der Waals surface area (Å²) in [7, 11) is 0. The van der Waals surface area contributed by atoms with E-state index < -0.39 is 0 Å². The first-order valence-corrected chi connectivity index (χ1v) is 8.19. The normalized spacial score (nSPS) is 11.2. The molecule has 0 atom stereocenters. The first-order valence-electron chi connectivity index (χ1n) is 7.81. The molecule has 0 aliphatic heterocycles. The number of rotatable bonds is 4. The molecular formula is C19H15ClN2O3. The monoisotopic (exact) mass is 354 g/mol. The first-order chi connectivity index (χ1) is 12.1. The van der Waals surface area contributed by atoms with E-state index in [0.29, 0.717) is 28.2 Å². The number of furan rings is 1. The van der Waals surface area contributed by atoms with Gasteiger partial charge in [0.2, 0.25) is 5.82 Å². The number of aromatic nitrogens is 2. The quantitative estimate of drug-likeness (QED) is 0.495. The smallest absolute Gasteiger partial charge is 0.264 e. The molecule has 0 spiro atoms. The van der Waals surface area contributed by atoms with Gasteiger partial charge in [-0.15, -0.1) is 0 Å². The van der Waals surface area contributed by atoms with E-state index >= 15 is 0 Å². The number of ether oxygens (including phenoxy) is 1. The van der Waals surface area contributed by atoms with Crippen molar-refractivity contribution in [2.24, 2.45) is 0 Å². The van der Waals surface area contributed by atoms with Gasteiger partial charge in [0.25, 0.3) is 5.89 Å². The van der Waals surface area contributed by atoms with Crippen LogP contribution in [0.15, 0.2) is 51.4 Å². The summed E-state index contributed by atoms with van der Waals surface area (Å²) < 4.78 is 16.8. The third-order valence-corrected chi connectivity index (χ3v) is 4.19. The number of hydrogen-bond donors (Lipinski definition) is 0. The van der Waals surface area contributed by atoms with Crippen LogP contribution in [0, 0.1) is 13.8 Å². The molecule has 4 rings (SSSR count). The van der Waals surface area contributed by atoms with Crippen LogP contribution in [0.4, 0.5) is 0 Å². The van der Waals surface area contributed by atoms with Gasteiger partial charge in [0.05, 0.1) is 0 Å². The van der Waals surface area contributed by atoms with Crippen molar-refractivity contribution in [3.05, 3.63) is 64.5 Å². The number of halogens is 1. The molecule has 0 saturated carbocycles. The van der Waals surface area contributed by atoms with Crippen molar-refractivity contribution in [2.75, 3.05) is 0 Å². The fourth-order valence-corrected chi connectivity index (χ4v) is 2.76. The highest BCUT2D eigenvalue weighted by molar-refractivity contribution is 6.30. The molecule has 0 saturated heterocycles. The molecule has 0 N–H and O–H groups in total. The van der Waals surface area contributed by atoms with E-state index in [0.717, 1.165) is 16.5 Å². The predicted octanol–water partition coefficient (Wildman–Crippen LogP) is 5.33. The van der Waals surface area contributed by atoms with E-state index in [4.69, 9.17) is 25.3 Å². The van der Waals surface area contributed by atoms with Crippen molar-refractivity contribution in [3.63, 3.8) is 0 Å². The summed E-state index contributed by atoms with van der Waals surface area (Å²) >= 11 is 5.85. The highest BCUT2D eigenvalue weighted by Crippen LogP contribution is 2.32. The molecule has 5 nitrogen and oxygen atoms in total. The summed E-state index contributed by atoms with van der Waals surface area (Å²) in [6, 6.07) is 13.1. The Morgan fingerprint density at radius 3 is 2.68 bits per heavy atom. The second-order valence-corrected chi connectivity index (χ2v) is 6.25. The Balaban J connectivity index is 1.56. The van der Waals surface area contributed by atoms with Crippen molar-refractivity contribution in [1.82, 2.24) is 10.1 Å². The molecule has 0 aliphatic rings. The van der Waals surface area contributed by atoms with E-state index in [1.165, 1.54) is 5.56 Å². The zero-order chi connectivity index (χ0) is 17.4. The molecule has 126 valence electrons. The molecule has 6 heteroatoms. The molecule has 2 aromatic heterocycles. The molecule has 0 fully saturated rings. The van der Waals surface area contributed by atoms with Gasteiger partial charge in [-0.25, -0.2) is 0 Å². The Labute approximate surface area is 149 Å². The Morgan fingerprint density at radius 1 is 1.08 bits per heavy atom. The van der Waals surface area contributed by atoms with E-state index in [-0.39, 0.29) is 6.61 Å². The van der Waals surface area contributed by atoms with Gasteiger partial charge in [0.1, 0.15) is 11.3 Å². The summed E-state index contributed by atoms with van der Waals surface area (Å²) in [5.74, 6) is 2.09. The standard InChI is InChI=1S/C19H15ClN2O3/c1-11-3-8-16-15(9-11)12(2)18(24-16)19-21-17(25-22-19)10-23-14-6-4-13(20)5-7-14/h3-9H,10H2,1-2H3. The van der Waals surface area contributed by atoms with Gasteiger partial charge >= 0.3 is 0 Å². The minimum absolute atomic E-state index is 0.174.